The maximum atomic E-state index is 11.6. The smallest absolute Gasteiger partial charge is 0.417 e. The average Bonchev–Trinajstić information content (AvgIpc) is 2.16. The van der Waals surface area contributed by atoms with Crippen LogP contribution in [0.4, 0.5) is 4.79 Å². The first-order valence-electron chi connectivity index (χ1n) is 5.44. The third-order valence-electron chi connectivity index (χ3n) is 1.63. The molecule has 0 aliphatic heterocycles. The predicted molar refractivity (Wildman–Crippen MR) is 60.3 cm³/mol. The second kappa shape index (κ2) is 6.22. The van der Waals surface area contributed by atoms with Gasteiger partial charge in [-0.1, -0.05) is 0 Å². The van der Waals surface area contributed by atoms with Crippen LogP contribution in [0.2, 0.25) is 0 Å². The van der Waals surface area contributed by atoms with E-state index in [0.717, 1.165) is 0 Å². The Bertz CT molecular complexity index is 305. The molecule has 98 valence electrons. The van der Waals surface area contributed by atoms with E-state index in [1.54, 1.807) is 34.6 Å². The lowest BCUT2D eigenvalue weighted by Crippen LogP contribution is -2.44. The molecule has 0 atom stereocenters. The van der Waals surface area contributed by atoms with Gasteiger partial charge >= 0.3 is 18.0 Å². The van der Waals surface area contributed by atoms with Crippen LogP contribution in [0, 0.1) is 0 Å². The minimum atomic E-state index is -1.06. The number of nitrogens with zero attached hydrogens (tertiary/aromatic N) is 1. The van der Waals surface area contributed by atoms with Gasteiger partial charge in [-0.25, -0.2) is 14.5 Å². The molecule has 17 heavy (non-hydrogen) atoms. The Kier molecular flexibility index (Phi) is 5.64. The summed E-state index contributed by atoms with van der Waals surface area (Å²) in [4.78, 5) is 35.1. The van der Waals surface area contributed by atoms with Crippen LogP contribution < -0.4 is 0 Å². The van der Waals surface area contributed by atoms with Crippen molar-refractivity contribution in [3.63, 3.8) is 0 Å². The first-order chi connectivity index (χ1) is 7.72. The highest BCUT2D eigenvalue weighted by Gasteiger charge is 2.30. The molecule has 6 heteroatoms. The van der Waals surface area contributed by atoms with Crippen LogP contribution in [0.3, 0.4) is 0 Å². The molecule has 0 N–H and O–H groups in total. The molecule has 0 saturated carbocycles. The normalized spacial score (nSPS) is 10.6. The van der Waals surface area contributed by atoms with E-state index in [1.807, 2.05) is 0 Å². The second-order valence-corrected chi connectivity index (χ2v) is 4.25. The number of hydrogen-bond acceptors (Lipinski definition) is 5. The molecule has 6 nitrogen and oxygen atoms in total. The van der Waals surface area contributed by atoms with Crippen LogP contribution in [-0.4, -0.2) is 41.6 Å². The third kappa shape index (κ3) is 5.33. The van der Waals surface area contributed by atoms with E-state index in [9.17, 15) is 14.4 Å². The number of carbonyl (C=O) groups excluding carboxylic acids is 3. The minimum absolute atomic E-state index is 0.0482. The summed E-state index contributed by atoms with van der Waals surface area (Å²) in [6.45, 7) is 8.30. The fraction of sp³-hybridized carbons (Fsp3) is 0.727. The van der Waals surface area contributed by atoms with Gasteiger partial charge in [0.15, 0.2) is 0 Å². The summed E-state index contributed by atoms with van der Waals surface area (Å²) in [5.74, 6) is -2.07. The number of hydrogen-bond donors (Lipinski definition) is 0. The topological polar surface area (TPSA) is 72.9 Å². The Labute approximate surface area is 101 Å². The van der Waals surface area contributed by atoms with Gasteiger partial charge in [0.05, 0.1) is 6.61 Å². The molecular weight excluding hydrogens is 226 g/mol. The van der Waals surface area contributed by atoms with Crippen molar-refractivity contribution < 1.29 is 23.9 Å². The van der Waals surface area contributed by atoms with Crippen LogP contribution in [0.5, 0.6) is 0 Å². The number of ether oxygens (including phenoxy) is 2. The SMILES string of the molecule is CCOC(=O)C(=O)N(CC)C(=O)OC(C)(C)C. The Balaban J connectivity index is 4.67. The van der Waals surface area contributed by atoms with E-state index in [0.29, 0.717) is 4.90 Å². The van der Waals surface area contributed by atoms with Crippen LogP contribution in [0.25, 0.3) is 0 Å². The number of rotatable bonds is 2. The van der Waals surface area contributed by atoms with Crippen LogP contribution in [0.1, 0.15) is 34.6 Å². The zero-order chi connectivity index (χ0) is 13.6. The highest BCUT2D eigenvalue weighted by atomic mass is 16.6. The quantitative estimate of drug-likeness (QED) is 0.542. The number of esters is 1. The molecular formula is C11H19NO5. The van der Waals surface area contributed by atoms with E-state index < -0.39 is 23.6 Å². The van der Waals surface area contributed by atoms with Crippen molar-refractivity contribution in [1.29, 1.82) is 0 Å². The summed E-state index contributed by atoms with van der Waals surface area (Å²) in [6.07, 6.45) is -0.849. The molecule has 0 aromatic heterocycles. The molecule has 2 amide bonds. The van der Waals surface area contributed by atoms with Gasteiger partial charge in [-0.3, -0.25) is 4.79 Å². The Morgan fingerprint density at radius 2 is 1.65 bits per heavy atom. The highest BCUT2D eigenvalue weighted by Crippen LogP contribution is 2.10. The van der Waals surface area contributed by atoms with E-state index in [2.05, 4.69) is 4.74 Å². The standard InChI is InChI=1S/C11H19NO5/c1-6-12(8(13)9(14)16-7-2)10(15)17-11(3,4)5/h6-7H2,1-5H3. The van der Waals surface area contributed by atoms with Crippen molar-refractivity contribution in [2.45, 2.75) is 40.2 Å². The van der Waals surface area contributed by atoms with Crippen LogP contribution >= 0.6 is 0 Å². The van der Waals surface area contributed by atoms with Crippen molar-refractivity contribution in [3.05, 3.63) is 0 Å². The number of imide groups is 1. The van der Waals surface area contributed by atoms with E-state index in [4.69, 9.17) is 4.74 Å². The molecule has 0 spiro atoms. The molecule has 0 saturated heterocycles. The predicted octanol–water partition coefficient (Wildman–Crippen LogP) is 1.33. The van der Waals surface area contributed by atoms with Crippen LogP contribution in [-0.2, 0) is 19.1 Å². The minimum Gasteiger partial charge on any atom is -0.459 e. The molecule has 0 radical (unpaired) electrons. The molecule has 0 rings (SSSR count). The Hall–Kier alpha value is -1.59. The highest BCUT2D eigenvalue weighted by molar-refractivity contribution is 6.34. The van der Waals surface area contributed by atoms with Gasteiger partial charge in [0.1, 0.15) is 5.60 Å². The third-order valence-corrected chi connectivity index (χ3v) is 1.63. The van der Waals surface area contributed by atoms with Gasteiger partial charge in [0, 0.05) is 6.54 Å². The summed E-state index contributed by atoms with van der Waals surface area (Å²) in [5.41, 5.74) is -0.723. The van der Waals surface area contributed by atoms with Gasteiger partial charge in [0.2, 0.25) is 0 Å². The number of carbonyl (C=O) groups is 3. The van der Waals surface area contributed by atoms with E-state index in [-0.39, 0.29) is 13.2 Å². The zero-order valence-electron chi connectivity index (χ0n) is 10.9. The molecule has 0 heterocycles. The Morgan fingerprint density at radius 1 is 1.12 bits per heavy atom. The van der Waals surface area contributed by atoms with Gasteiger partial charge in [-0.2, -0.15) is 0 Å². The zero-order valence-corrected chi connectivity index (χ0v) is 10.9. The average molecular weight is 245 g/mol. The summed E-state index contributed by atoms with van der Waals surface area (Å²) in [6, 6.07) is 0. The largest absolute Gasteiger partial charge is 0.459 e. The van der Waals surface area contributed by atoms with Crippen molar-refractivity contribution in [1.82, 2.24) is 4.90 Å². The summed E-state index contributed by atoms with van der Waals surface area (Å²) in [5, 5.41) is 0. The maximum absolute atomic E-state index is 11.6. The summed E-state index contributed by atoms with van der Waals surface area (Å²) >= 11 is 0. The fourth-order valence-electron chi connectivity index (χ4n) is 0.976. The number of likely N-dealkylation sites (N-methyl/N-ethyl adjacent to an activating group) is 1. The second-order valence-electron chi connectivity index (χ2n) is 4.25. The van der Waals surface area contributed by atoms with Gasteiger partial charge in [0.25, 0.3) is 0 Å². The van der Waals surface area contributed by atoms with Gasteiger partial charge in [-0.15, -0.1) is 0 Å². The number of amides is 2. The van der Waals surface area contributed by atoms with Gasteiger partial charge in [-0.05, 0) is 34.6 Å². The molecule has 0 aliphatic rings. The lowest BCUT2D eigenvalue weighted by Gasteiger charge is -2.24. The van der Waals surface area contributed by atoms with Crippen molar-refractivity contribution in [2.75, 3.05) is 13.2 Å². The van der Waals surface area contributed by atoms with Crippen molar-refractivity contribution >= 4 is 18.0 Å². The van der Waals surface area contributed by atoms with Crippen LogP contribution in [0.15, 0.2) is 0 Å². The van der Waals surface area contributed by atoms with Gasteiger partial charge < -0.3 is 9.47 Å². The monoisotopic (exact) mass is 245 g/mol. The van der Waals surface area contributed by atoms with E-state index >= 15 is 0 Å². The molecule has 0 unspecified atom stereocenters. The summed E-state index contributed by atoms with van der Waals surface area (Å²) < 4.78 is 9.53. The molecule has 0 aromatic rings. The molecule has 0 fully saturated rings. The maximum Gasteiger partial charge on any atom is 0.417 e. The molecule has 0 aromatic carbocycles. The molecule has 0 aliphatic carbocycles. The fourth-order valence-corrected chi connectivity index (χ4v) is 0.976. The lowest BCUT2D eigenvalue weighted by atomic mass is 10.2. The first kappa shape index (κ1) is 15.4. The lowest BCUT2D eigenvalue weighted by molar-refractivity contribution is -0.159. The summed E-state index contributed by atoms with van der Waals surface area (Å²) in [7, 11) is 0. The van der Waals surface area contributed by atoms with Crippen molar-refractivity contribution in [2.24, 2.45) is 0 Å². The van der Waals surface area contributed by atoms with Crippen molar-refractivity contribution in [3.8, 4) is 0 Å². The molecule has 0 bridgehead atoms. The Morgan fingerprint density at radius 3 is 2.00 bits per heavy atom. The first-order valence-corrected chi connectivity index (χ1v) is 5.44. The van der Waals surface area contributed by atoms with E-state index in [1.165, 1.54) is 0 Å².